The second-order valence-corrected chi connectivity index (χ2v) is 4.56. The third-order valence-corrected chi connectivity index (χ3v) is 2.51. The van der Waals surface area contributed by atoms with Crippen LogP contribution in [-0.2, 0) is 17.8 Å². The number of nitrogens with zero attached hydrogens (tertiary/aromatic N) is 3. The maximum absolute atomic E-state index is 10.5. The summed E-state index contributed by atoms with van der Waals surface area (Å²) >= 11 is 0. The molecule has 6 heteroatoms. The number of aliphatic carboxylic acids is 1. The van der Waals surface area contributed by atoms with Gasteiger partial charge in [-0.3, -0.25) is 0 Å². The predicted molar refractivity (Wildman–Crippen MR) is 61.6 cm³/mol. The predicted octanol–water partition coefficient (Wildman–Crippen LogP) is 0.621. The Labute approximate surface area is 100 Å². The number of carboxylic acids is 1. The van der Waals surface area contributed by atoms with Crippen LogP contribution in [0.25, 0.3) is 0 Å². The largest absolute Gasteiger partial charge is 0.479 e. The van der Waals surface area contributed by atoms with E-state index in [0.717, 1.165) is 18.1 Å². The van der Waals surface area contributed by atoms with Crippen molar-refractivity contribution in [3.63, 3.8) is 0 Å². The molecule has 0 aromatic carbocycles. The molecule has 2 N–H and O–H groups in total. The van der Waals surface area contributed by atoms with Crippen LogP contribution in [0.15, 0.2) is 0 Å². The summed E-state index contributed by atoms with van der Waals surface area (Å²) in [4.78, 5) is 10.5. The van der Waals surface area contributed by atoms with E-state index in [1.54, 1.807) is 0 Å². The first-order chi connectivity index (χ1) is 7.91. The van der Waals surface area contributed by atoms with Gasteiger partial charge in [-0.2, -0.15) is 0 Å². The SMILES string of the molecule is Cc1nnc(CC(C)C)n1CCC(O)C(=O)O. The number of aromatic nitrogens is 3. The molecule has 1 heterocycles. The van der Waals surface area contributed by atoms with E-state index in [9.17, 15) is 9.90 Å². The molecular formula is C11H19N3O3. The number of aliphatic hydroxyl groups is 1. The summed E-state index contributed by atoms with van der Waals surface area (Å²) in [5, 5.41) is 25.9. The number of aryl methyl sites for hydroxylation is 1. The van der Waals surface area contributed by atoms with Gasteiger partial charge < -0.3 is 14.8 Å². The third kappa shape index (κ3) is 3.81. The van der Waals surface area contributed by atoms with Gasteiger partial charge in [-0.15, -0.1) is 10.2 Å². The molecule has 1 aromatic heterocycles. The Morgan fingerprint density at radius 2 is 2.06 bits per heavy atom. The zero-order valence-electron chi connectivity index (χ0n) is 10.4. The Kier molecular flexibility index (Phi) is 4.62. The molecule has 0 saturated carbocycles. The topological polar surface area (TPSA) is 88.2 Å². The highest BCUT2D eigenvalue weighted by molar-refractivity contribution is 5.71. The number of rotatable bonds is 6. The second kappa shape index (κ2) is 5.77. The molecule has 1 rings (SSSR count). The molecule has 0 fully saturated rings. The van der Waals surface area contributed by atoms with Crippen molar-refractivity contribution in [2.75, 3.05) is 0 Å². The van der Waals surface area contributed by atoms with Gasteiger partial charge in [0.15, 0.2) is 6.10 Å². The van der Waals surface area contributed by atoms with Crippen LogP contribution in [0, 0.1) is 12.8 Å². The molecule has 0 saturated heterocycles. The fraction of sp³-hybridized carbons (Fsp3) is 0.727. The molecule has 0 aliphatic carbocycles. The normalized spacial score (nSPS) is 13.0. The lowest BCUT2D eigenvalue weighted by atomic mass is 10.1. The van der Waals surface area contributed by atoms with Gasteiger partial charge in [0.2, 0.25) is 0 Å². The van der Waals surface area contributed by atoms with Crippen LogP contribution in [0.4, 0.5) is 0 Å². The Morgan fingerprint density at radius 3 is 2.59 bits per heavy atom. The Hall–Kier alpha value is -1.43. The Morgan fingerprint density at radius 1 is 1.41 bits per heavy atom. The molecule has 0 amide bonds. The van der Waals surface area contributed by atoms with Crippen molar-refractivity contribution in [3.8, 4) is 0 Å². The van der Waals surface area contributed by atoms with E-state index in [-0.39, 0.29) is 6.42 Å². The lowest BCUT2D eigenvalue weighted by molar-refractivity contribution is -0.147. The van der Waals surface area contributed by atoms with Crippen LogP contribution in [0.1, 0.15) is 31.9 Å². The van der Waals surface area contributed by atoms with Crippen molar-refractivity contribution in [1.82, 2.24) is 14.8 Å². The molecule has 0 aliphatic heterocycles. The van der Waals surface area contributed by atoms with E-state index in [2.05, 4.69) is 24.0 Å². The summed E-state index contributed by atoms with van der Waals surface area (Å²) in [6.07, 6.45) is -0.368. The van der Waals surface area contributed by atoms with Crippen molar-refractivity contribution in [2.45, 2.75) is 46.3 Å². The van der Waals surface area contributed by atoms with E-state index >= 15 is 0 Å². The zero-order chi connectivity index (χ0) is 13.0. The molecule has 0 aliphatic rings. The Balaban J connectivity index is 2.69. The lowest BCUT2D eigenvalue weighted by Crippen LogP contribution is -2.22. The fourth-order valence-corrected chi connectivity index (χ4v) is 1.61. The van der Waals surface area contributed by atoms with E-state index in [4.69, 9.17) is 5.11 Å². The molecule has 17 heavy (non-hydrogen) atoms. The van der Waals surface area contributed by atoms with Gasteiger partial charge in [-0.25, -0.2) is 4.79 Å². The molecule has 6 nitrogen and oxygen atoms in total. The number of carbonyl (C=O) groups is 1. The van der Waals surface area contributed by atoms with Gasteiger partial charge in [0.05, 0.1) is 0 Å². The summed E-state index contributed by atoms with van der Waals surface area (Å²) in [5.41, 5.74) is 0. The third-order valence-electron chi connectivity index (χ3n) is 2.51. The molecule has 96 valence electrons. The van der Waals surface area contributed by atoms with E-state index < -0.39 is 12.1 Å². The highest BCUT2D eigenvalue weighted by Crippen LogP contribution is 2.09. The van der Waals surface area contributed by atoms with Crippen LogP contribution in [-0.4, -0.2) is 37.1 Å². The number of aliphatic hydroxyl groups excluding tert-OH is 1. The summed E-state index contributed by atoms with van der Waals surface area (Å²) < 4.78 is 1.87. The fourth-order valence-electron chi connectivity index (χ4n) is 1.61. The van der Waals surface area contributed by atoms with E-state index in [1.165, 1.54) is 0 Å². The zero-order valence-corrected chi connectivity index (χ0v) is 10.4. The summed E-state index contributed by atoms with van der Waals surface area (Å²) in [5.74, 6) is 0.858. The van der Waals surface area contributed by atoms with Crippen molar-refractivity contribution in [3.05, 3.63) is 11.6 Å². The lowest BCUT2D eigenvalue weighted by Gasteiger charge is -2.11. The maximum atomic E-state index is 10.5. The van der Waals surface area contributed by atoms with Crippen LogP contribution in [0.5, 0.6) is 0 Å². The first-order valence-corrected chi connectivity index (χ1v) is 5.71. The minimum atomic E-state index is -1.33. The molecule has 1 aromatic rings. The number of hydrogen-bond donors (Lipinski definition) is 2. The summed E-state index contributed by atoms with van der Waals surface area (Å²) in [7, 11) is 0. The number of hydrogen-bond acceptors (Lipinski definition) is 4. The maximum Gasteiger partial charge on any atom is 0.332 e. The highest BCUT2D eigenvalue weighted by atomic mass is 16.4. The van der Waals surface area contributed by atoms with Gasteiger partial charge >= 0.3 is 5.97 Å². The van der Waals surface area contributed by atoms with Gasteiger partial charge in [0.25, 0.3) is 0 Å². The van der Waals surface area contributed by atoms with Crippen molar-refractivity contribution in [2.24, 2.45) is 5.92 Å². The molecule has 1 atom stereocenters. The second-order valence-electron chi connectivity index (χ2n) is 4.56. The highest BCUT2D eigenvalue weighted by Gasteiger charge is 2.16. The Bertz CT molecular complexity index is 387. The summed E-state index contributed by atoms with van der Waals surface area (Å²) in [6, 6.07) is 0. The molecule has 1 unspecified atom stereocenters. The molecular weight excluding hydrogens is 222 g/mol. The minimum absolute atomic E-state index is 0.166. The first kappa shape index (κ1) is 13.6. The van der Waals surface area contributed by atoms with Gasteiger partial charge in [0.1, 0.15) is 11.6 Å². The van der Waals surface area contributed by atoms with Crippen LogP contribution < -0.4 is 0 Å². The van der Waals surface area contributed by atoms with Gasteiger partial charge in [-0.1, -0.05) is 13.8 Å². The standard InChI is InChI=1S/C11H19N3O3/c1-7(2)6-10-13-12-8(3)14(10)5-4-9(15)11(16)17/h7,9,15H,4-6H2,1-3H3,(H,16,17). The van der Waals surface area contributed by atoms with Crippen molar-refractivity contribution >= 4 is 5.97 Å². The minimum Gasteiger partial charge on any atom is -0.479 e. The molecule has 0 radical (unpaired) electrons. The monoisotopic (exact) mass is 241 g/mol. The van der Waals surface area contributed by atoms with E-state index in [1.807, 2.05) is 11.5 Å². The van der Waals surface area contributed by atoms with E-state index in [0.29, 0.717) is 12.5 Å². The van der Waals surface area contributed by atoms with Crippen molar-refractivity contribution < 1.29 is 15.0 Å². The quantitative estimate of drug-likeness (QED) is 0.762. The molecule has 0 spiro atoms. The average Bonchev–Trinajstić information content (AvgIpc) is 2.55. The molecule has 0 bridgehead atoms. The van der Waals surface area contributed by atoms with Crippen LogP contribution in [0.3, 0.4) is 0 Å². The van der Waals surface area contributed by atoms with Crippen LogP contribution in [0.2, 0.25) is 0 Å². The first-order valence-electron chi connectivity index (χ1n) is 5.71. The van der Waals surface area contributed by atoms with Gasteiger partial charge in [0, 0.05) is 19.4 Å². The smallest absolute Gasteiger partial charge is 0.332 e. The van der Waals surface area contributed by atoms with Crippen molar-refractivity contribution in [1.29, 1.82) is 0 Å². The number of carboxylic acid groups (broad SMARTS) is 1. The summed E-state index contributed by atoms with van der Waals surface area (Å²) in [6.45, 7) is 6.42. The van der Waals surface area contributed by atoms with Gasteiger partial charge in [-0.05, 0) is 12.8 Å². The van der Waals surface area contributed by atoms with Crippen LogP contribution >= 0.6 is 0 Å². The average molecular weight is 241 g/mol.